The summed E-state index contributed by atoms with van der Waals surface area (Å²) in [6.45, 7) is -0.117. The average molecular weight is 470 g/mol. The molecule has 2 amide bonds. The highest BCUT2D eigenvalue weighted by Gasteiger charge is 2.45. The predicted octanol–water partition coefficient (Wildman–Crippen LogP) is 4.17. The number of hydrogen-bond donors (Lipinski definition) is 1. The first-order valence-electron chi connectivity index (χ1n) is 10.2. The van der Waals surface area contributed by atoms with Gasteiger partial charge in [0.05, 0.1) is 25.2 Å². The van der Waals surface area contributed by atoms with Gasteiger partial charge in [0.2, 0.25) is 0 Å². The number of halogens is 4. The fourth-order valence-corrected chi connectivity index (χ4v) is 4.81. The van der Waals surface area contributed by atoms with Crippen LogP contribution in [-0.4, -0.2) is 66.8 Å². The van der Waals surface area contributed by atoms with Crippen LogP contribution in [0.5, 0.6) is 5.75 Å². The zero-order valence-electron chi connectivity index (χ0n) is 17.4. The van der Waals surface area contributed by atoms with Crippen LogP contribution in [0.1, 0.15) is 5.56 Å². The van der Waals surface area contributed by atoms with Crippen LogP contribution in [0.2, 0.25) is 0 Å². The molecule has 3 atom stereocenters. The first-order valence-corrected chi connectivity index (χ1v) is 11.2. The summed E-state index contributed by atoms with van der Waals surface area (Å²) in [4.78, 5) is 15.8. The monoisotopic (exact) mass is 469 g/mol. The number of amides is 2. The Balaban J connectivity index is 1.81. The topological polar surface area (TPSA) is 44.8 Å². The lowest BCUT2D eigenvalue weighted by Gasteiger charge is -2.31. The third kappa shape index (κ3) is 4.25. The molecule has 0 spiro atoms. The minimum atomic E-state index is -1.44. The smallest absolute Gasteiger partial charge is 0.320 e. The van der Waals surface area contributed by atoms with E-state index in [1.54, 1.807) is 18.2 Å². The number of hydrogen-bond acceptors (Lipinski definition) is 4. The van der Waals surface area contributed by atoms with E-state index in [1.807, 2.05) is 0 Å². The summed E-state index contributed by atoms with van der Waals surface area (Å²) in [5.41, 5.74) is 0.653. The summed E-state index contributed by atoms with van der Waals surface area (Å²) in [6.07, 6.45) is -1.43. The van der Waals surface area contributed by atoms with Crippen molar-refractivity contribution in [1.82, 2.24) is 14.5 Å². The maximum Gasteiger partial charge on any atom is 0.320 e. The van der Waals surface area contributed by atoms with Gasteiger partial charge in [-0.25, -0.2) is 22.4 Å². The molecule has 2 aromatic rings. The fourth-order valence-electron chi connectivity index (χ4n) is 4.25. The van der Waals surface area contributed by atoms with E-state index in [0.29, 0.717) is 11.9 Å². The van der Waals surface area contributed by atoms with Crippen LogP contribution in [0.25, 0.3) is 11.1 Å². The summed E-state index contributed by atoms with van der Waals surface area (Å²) >= 11 is 0.706. The van der Waals surface area contributed by atoms with Crippen LogP contribution in [0.4, 0.5) is 22.4 Å². The van der Waals surface area contributed by atoms with Crippen LogP contribution in [0.3, 0.4) is 0 Å². The van der Waals surface area contributed by atoms with Crippen LogP contribution in [0, 0.1) is 11.6 Å². The van der Waals surface area contributed by atoms with Gasteiger partial charge in [0.1, 0.15) is 24.6 Å². The molecule has 2 aliphatic rings. The molecular formula is C22H23F4N3O2S. The third-order valence-corrected chi connectivity index (χ3v) is 6.41. The Morgan fingerprint density at radius 2 is 1.94 bits per heavy atom. The Morgan fingerprint density at radius 3 is 2.72 bits per heavy atom. The summed E-state index contributed by atoms with van der Waals surface area (Å²) in [5.74, 6) is -1.32. The molecule has 2 aromatic carbocycles. The molecule has 1 fully saturated rings. The number of benzene rings is 2. The van der Waals surface area contributed by atoms with Crippen molar-refractivity contribution in [3.63, 3.8) is 0 Å². The number of nitrogens with zero attached hydrogens (tertiary/aromatic N) is 2. The van der Waals surface area contributed by atoms with E-state index in [1.165, 1.54) is 35.0 Å². The lowest BCUT2D eigenvalue weighted by atomic mass is 9.95. The summed E-state index contributed by atoms with van der Waals surface area (Å²) in [6, 6.07) is 6.12. The first-order chi connectivity index (χ1) is 15.4. The lowest BCUT2D eigenvalue weighted by Crippen LogP contribution is -2.50. The van der Waals surface area contributed by atoms with Gasteiger partial charge >= 0.3 is 6.03 Å². The Bertz CT molecular complexity index is 996. The molecule has 0 radical (unpaired) electrons. The van der Waals surface area contributed by atoms with Crippen LogP contribution in [0.15, 0.2) is 36.4 Å². The Labute approximate surface area is 187 Å². The summed E-state index contributed by atoms with van der Waals surface area (Å²) < 4.78 is 66.1. The molecule has 5 nitrogen and oxygen atoms in total. The van der Waals surface area contributed by atoms with Gasteiger partial charge in [0.25, 0.3) is 0 Å². The second kappa shape index (κ2) is 9.58. The molecule has 2 aliphatic heterocycles. The van der Waals surface area contributed by atoms with Gasteiger partial charge in [-0.2, -0.15) is 0 Å². The van der Waals surface area contributed by atoms with E-state index in [4.69, 9.17) is 4.74 Å². The lowest BCUT2D eigenvalue weighted by molar-refractivity contribution is 0.145. The third-order valence-electron chi connectivity index (χ3n) is 5.86. The standard InChI is InChI=1S/C22H23F4N3O2S/c1-28-8-9-31-21-15(6-3-7-16(21)24)14-5-2-4-13(19(14)26)10-18-20(27-32-12-23)17(25)11-29(18)22(28)30/h2-7,17-18,20,27H,8-12H2,1H3. The van der Waals surface area contributed by atoms with Crippen LogP contribution >= 0.6 is 11.9 Å². The van der Waals surface area contributed by atoms with Crippen molar-refractivity contribution in [3.8, 4) is 16.9 Å². The van der Waals surface area contributed by atoms with E-state index in [9.17, 15) is 18.0 Å². The molecule has 2 heterocycles. The average Bonchev–Trinajstić information content (AvgIpc) is 3.08. The highest BCUT2D eigenvalue weighted by atomic mass is 32.2. The normalized spacial score (nSPS) is 23.5. The molecule has 4 rings (SSSR count). The zero-order chi connectivity index (χ0) is 22.8. The zero-order valence-corrected chi connectivity index (χ0v) is 18.2. The molecule has 172 valence electrons. The number of carbonyl (C=O) groups excluding carboxylic acids is 1. The number of urea groups is 1. The number of likely N-dealkylation sites (N-methyl/N-ethyl adjacent to an activating group) is 1. The maximum atomic E-state index is 15.6. The molecule has 1 N–H and O–H groups in total. The van der Waals surface area contributed by atoms with Gasteiger partial charge in [-0.15, -0.1) is 0 Å². The molecule has 10 heteroatoms. The van der Waals surface area contributed by atoms with Crippen molar-refractivity contribution in [1.29, 1.82) is 0 Å². The molecule has 3 unspecified atom stereocenters. The minimum Gasteiger partial charge on any atom is -0.488 e. The van der Waals surface area contributed by atoms with Crippen molar-refractivity contribution >= 4 is 18.0 Å². The number of nitrogens with one attached hydrogen (secondary N) is 1. The molecule has 2 bridgehead atoms. The predicted molar refractivity (Wildman–Crippen MR) is 115 cm³/mol. The van der Waals surface area contributed by atoms with E-state index in [2.05, 4.69) is 4.72 Å². The van der Waals surface area contributed by atoms with Crippen molar-refractivity contribution in [2.75, 3.05) is 32.8 Å². The highest BCUT2D eigenvalue weighted by molar-refractivity contribution is 7.97. The number of ether oxygens (including phenoxy) is 1. The highest BCUT2D eigenvalue weighted by Crippen LogP contribution is 2.36. The van der Waals surface area contributed by atoms with Gasteiger partial charge in [-0.1, -0.05) is 30.3 Å². The second-order valence-corrected chi connectivity index (χ2v) is 8.53. The van der Waals surface area contributed by atoms with Gasteiger partial charge in [-0.05, 0) is 30.0 Å². The minimum absolute atomic E-state index is 0.00961. The molecule has 0 aliphatic carbocycles. The van der Waals surface area contributed by atoms with Gasteiger partial charge in [0, 0.05) is 18.2 Å². The SMILES string of the molecule is CN1CCOc2c(F)cccc2-c2cccc(c2F)CC2C(NSCF)C(F)CN2C1=O. The van der Waals surface area contributed by atoms with Crippen molar-refractivity contribution in [2.24, 2.45) is 0 Å². The number of rotatable bonds is 3. The van der Waals surface area contributed by atoms with E-state index < -0.39 is 41.9 Å². The van der Waals surface area contributed by atoms with Gasteiger partial charge in [0.15, 0.2) is 11.6 Å². The maximum absolute atomic E-state index is 15.6. The van der Waals surface area contributed by atoms with E-state index >= 15 is 4.39 Å². The molecular weight excluding hydrogens is 446 g/mol. The van der Waals surface area contributed by atoms with Crippen molar-refractivity contribution in [3.05, 3.63) is 53.6 Å². The molecule has 1 saturated heterocycles. The summed E-state index contributed by atoms with van der Waals surface area (Å²) in [7, 11) is 1.54. The van der Waals surface area contributed by atoms with Crippen molar-refractivity contribution < 1.29 is 27.1 Å². The quantitative estimate of drug-likeness (QED) is 0.541. The van der Waals surface area contributed by atoms with Crippen LogP contribution < -0.4 is 9.46 Å². The van der Waals surface area contributed by atoms with E-state index in [0.717, 1.165) is 0 Å². The number of carbonyl (C=O) groups is 1. The number of para-hydroxylation sites is 1. The second-order valence-electron chi connectivity index (χ2n) is 7.78. The number of fused-ring (bicyclic) bond motifs is 5. The Morgan fingerprint density at radius 1 is 1.19 bits per heavy atom. The van der Waals surface area contributed by atoms with Gasteiger partial charge in [-0.3, -0.25) is 4.72 Å². The van der Waals surface area contributed by atoms with Crippen LogP contribution in [-0.2, 0) is 6.42 Å². The molecule has 32 heavy (non-hydrogen) atoms. The van der Waals surface area contributed by atoms with Gasteiger partial charge < -0.3 is 14.5 Å². The number of alkyl halides is 2. The molecule has 0 aromatic heterocycles. The largest absolute Gasteiger partial charge is 0.488 e. The molecule has 0 saturated carbocycles. The fraction of sp³-hybridized carbons (Fsp3) is 0.409. The van der Waals surface area contributed by atoms with E-state index in [-0.39, 0.29) is 48.6 Å². The Kier molecular flexibility index (Phi) is 6.80. The first kappa shape index (κ1) is 22.7. The summed E-state index contributed by atoms with van der Waals surface area (Å²) in [5, 5.41) is 0. The Hall–Kier alpha value is -2.46. The van der Waals surface area contributed by atoms with Crippen molar-refractivity contribution in [2.45, 2.75) is 24.7 Å².